The lowest BCUT2D eigenvalue weighted by Crippen LogP contribution is -2.44. The molecule has 9 heteroatoms. The fourth-order valence-electron chi connectivity index (χ4n) is 1.22. The number of hydrogen-bond acceptors (Lipinski definition) is 6. The van der Waals surface area contributed by atoms with Crippen molar-refractivity contribution in [3.63, 3.8) is 0 Å². The van der Waals surface area contributed by atoms with Crippen LogP contribution in [0.5, 0.6) is 0 Å². The fourth-order valence-corrected chi connectivity index (χ4v) is 1.35. The van der Waals surface area contributed by atoms with Crippen LogP contribution in [0, 0.1) is 10.7 Å². The van der Waals surface area contributed by atoms with Gasteiger partial charge in [0.1, 0.15) is 0 Å². The number of carbonyl (C=O) groups excluding carboxylic acids is 1. The van der Waals surface area contributed by atoms with Crippen molar-refractivity contribution in [1.82, 2.24) is 20.3 Å². The van der Waals surface area contributed by atoms with Gasteiger partial charge >= 0.3 is 0 Å². The van der Waals surface area contributed by atoms with Crippen LogP contribution in [-0.4, -0.2) is 26.8 Å². The summed E-state index contributed by atoms with van der Waals surface area (Å²) in [6, 6.07) is -0.573. The molecule has 0 aliphatic heterocycles. The summed E-state index contributed by atoms with van der Waals surface area (Å²) in [6.45, 7) is 3.98. The Morgan fingerprint density at radius 1 is 1.65 bits per heavy atom. The normalized spacial score (nSPS) is 12.5. The maximum Gasteiger partial charge on any atom is 0.260 e. The molecule has 1 aromatic heterocycles. The standard InChI is InChI=1S/C8H17N7OS/c1-4(2)3-5(9)6(16)11-12-7-13-14-8(17)15(7)10/h4-5H,3,9-10H2,1-2H3,(H,11,16)(H,12,13)(H,14,17). The maximum absolute atomic E-state index is 11.6. The Balaban J connectivity index is 2.48. The van der Waals surface area contributed by atoms with E-state index < -0.39 is 6.04 Å². The molecule has 0 aliphatic rings. The highest BCUT2D eigenvalue weighted by Crippen LogP contribution is 2.02. The van der Waals surface area contributed by atoms with Crippen LogP contribution in [0.2, 0.25) is 0 Å². The predicted molar refractivity (Wildman–Crippen MR) is 66.8 cm³/mol. The molecule has 0 bridgehead atoms. The number of nitrogens with two attached hydrogens (primary N) is 2. The van der Waals surface area contributed by atoms with Gasteiger partial charge in [-0.25, -0.2) is 5.10 Å². The minimum Gasteiger partial charge on any atom is -0.334 e. The van der Waals surface area contributed by atoms with Crippen LogP contribution in [0.25, 0.3) is 0 Å². The van der Waals surface area contributed by atoms with Crippen molar-refractivity contribution in [2.45, 2.75) is 26.3 Å². The molecule has 1 unspecified atom stereocenters. The largest absolute Gasteiger partial charge is 0.334 e. The number of anilines is 1. The lowest BCUT2D eigenvalue weighted by molar-refractivity contribution is -0.122. The number of carbonyl (C=O) groups is 1. The van der Waals surface area contributed by atoms with E-state index >= 15 is 0 Å². The molecule has 0 fully saturated rings. The topological polar surface area (TPSA) is 127 Å². The molecule has 0 saturated carbocycles. The molecular weight excluding hydrogens is 242 g/mol. The SMILES string of the molecule is CC(C)CC(N)C(=O)NNc1n[nH]c(=S)n1N. The molecule has 1 atom stereocenters. The summed E-state index contributed by atoms with van der Waals surface area (Å²) >= 11 is 4.81. The van der Waals surface area contributed by atoms with Gasteiger partial charge in [0.2, 0.25) is 4.77 Å². The average molecular weight is 259 g/mol. The molecule has 1 heterocycles. The summed E-state index contributed by atoms with van der Waals surface area (Å²) < 4.78 is 1.34. The van der Waals surface area contributed by atoms with Gasteiger partial charge in [-0.05, 0) is 24.6 Å². The van der Waals surface area contributed by atoms with Gasteiger partial charge in [-0.15, -0.1) is 5.10 Å². The number of nitrogen functional groups attached to an aromatic ring is 1. The first-order valence-electron chi connectivity index (χ1n) is 5.15. The highest BCUT2D eigenvalue weighted by atomic mass is 32.1. The second kappa shape index (κ2) is 5.64. The van der Waals surface area contributed by atoms with Gasteiger partial charge in [0.15, 0.2) is 0 Å². The Morgan fingerprint density at radius 2 is 2.29 bits per heavy atom. The zero-order chi connectivity index (χ0) is 13.0. The summed E-state index contributed by atoms with van der Waals surface area (Å²) in [5, 5.41) is 6.23. The third-order valence-electron chi connectivity index (χ3n) is 2.06. The minimum absolute atomic E-state index is 0.208. The lowest BCUT2D eigenvalue weighted by Gasteiger charge is -2.14. The minimum atomic E-state index is -0.573. The third-order valence-corrected chi connectivity index (χ3v) is 2.35. The van der Waals surface area contributed by atoms with E-state index in [0.29, 0.717) is 12.3 Å². The number of nitrogens with zero attached hydrogens (tertiary/aromatic N) is 2. The average Bonchev–Trinajstić information content (AvgIpc) is 2.55. The summed E-state index contributed by atoms with van der Waals surface area (Å²) in [5.74, 6) is 5.75. The van der Waals surface area contributed by atoms with Crippen molar-refractivity contribution in [3.05, 3.63) is 4.77 Å². The molecular formula is C8H17N7OS. The highest BCUT2D eigenvalue weighted by molar-refractivity contribution is 7.71. The molecule has 0 spiro atoms. The van der Waals surface area contributed by atoms with Gasteiger partial charge in [0, 0.05) is 0 Å². The van der Waals surface area contributed by atoms with Crippen LogP contribution in [0.4, 0.5) is 5.95 Å². The number of H-pyrrole nitrogens is 1. The van der Waals surface area contributed by atoms with E-state index in [0.717, 1.165) is 4.68 Å². The van der Waals surface area contributed by atoms with Crippen LogP contribution in [-0.2, 0) is 4.79 Å². The maximum atomic E-state index is 11.6. The Kier molecular flexibility index (Phi) is 4.46. The summed E-state index contributed by atoms with van der Waals surface area (Å²) in [5.41, 5.74) is 10.6. The number of aromatic nitrogens is 3. The van der Waals surface area contributed by atoms with Crippen molar-refractivity contribution >= 4 is 24.1 Å². The van der Waals surface area contributed by atoms with Crippen LogP contribution in [0.15, 0.2) is 0 Å². The van der Waals surface area contributed by atoms with E-state index in [4.69, 9.17) is 23.8 Å². The van der Waals surface area contributed by atoms with Gasteiger partial charge in [-0.2, -0.15) is 4.68 Å². The molecule has 17 heavy (non-hydrogen) atoms. The predicted octanol–water partition coefficient (Wildman–Crippen LogP) is -0.529. The number of amides is 1. The van der Waals surface area contributed by atoms with Gasteiger partial charge in [0.25, 0.3) is 11.9 Å². The molecule has 0 aliphatic carbocycles. The van der Waals surface area contributed by atoms with Crippen molar-refractivity contribution in [2.75, 3.05) is 11.3 Å². The number of hydrazine groups is 1. The Morgan fingerprint density at radius 3 is 2.76 bits per heavy atom. The van der Waals surface area contributed by atoms with E-state index in [9.17, 15) is 4.79 Å². The highest BCUT2D eigenvalue weighted by Gasteiger charge is 2.15. The third kappa shape index (κ3) is 3.71. The van der Waals surface area contributed by atoms with Gasteiger partial charge in [-0.3, -0.25) is 15.6 Å². The molecule has 1 aromatic rings. The van der Waals surface area contributed by atoms with E-state index in [-0.39, 0.29) is 16.6 Å². The quantitative estimate of drug-likeness (QED) is 0.275. The van der Waals surface area contributed by atoms with Crippen molar-refractivity contribution < 1.29 is 4.79 Å². The number of nitrogens with one attached hydrogen (secondary N) is 3. The first-order chi connectivity index (χ1) is 7.91. The van der Waals surface area contributed by atoms with Gasteiger partial charge in [0.05, 0.1) is 6.04 Å². The monoisotopic (exact) mass is 259 g/mol. The molecule has 0 aromatic carbocycles. The van der Waals surface area contributed by atoms with E-state index in [2.05, 4.69) is 21.0 Å². The van der Waals surface area contributed by atoms with Crippen LogP contribution in [0.3, 0.4) is 0 Å². The van der Waals surface area contributed by atoms with Crippen LogP contribution in [0.1, 0.15) is 20.3 Å². The number of rotatable bonds is 5. The van der Waals surface area contributed by atoms with Crippen molar-refractivity contribution in [3.8, 4) is 0 Å². The van der Waals surface area contributed by atoms with E-state index in [1.54, 1.807) is 0 Å². The Bertz CT molecular complexity index is 437. The molecule has 0 radical (unpaired) electrons. The zero-order valence-corrected chi connectivity index (χ0v) is 10.5. The smallest absolute Gasteiger partial charge is 0.260 e. The lowest BCUT2D eigenvalue weighted by atomic mass is 10.0. The molecule has 0 saturated heterocycles. The Hall–Kier alpha value is -1.61. The fraction of sp³-hybridized carbons (Fsp3) is 0.625. The second-order valence-electron chi connectivity index (χ2n) is 4.07. The van der Waals surface area contributed by atoms with E-state index in [1.165, 1.54) is 0 Å². The van der Waals surface area contributed by atoms with Crippen molar-refractivity contribution in [2.24, 2.45) is 11.7 Å². The first-order valence-corrected chi connectivity index (χ1v) is 5.56. The molecule has 8 nitrogen and oxygen atoms in total. The second-order valence-corrected chi connectivity index (χ2v) is 4.46. The van der Waals surface area contributed by atoms with Crippen molar-refractivity contribution in [1.29, 1.82) is 0 Å². The summed E-state index contributed by atoms with van der Waals surface area (Å²) in [4.78, 5) is 11.6. The summed E-state index contributed by atoms with van der Waals surface area (Å²) in [6.07, 6.45) is 0.600. The van der Waals surface area contributed by atoms with Gasteiger partial charge < -0.3 is 11.6 Å². The van der Waals surface area contributed by atoms with Gasteiger partial charge in [-0.1, -0.05) is 13.8 Å². The van der Waals surface area contributed by atoms with E-state index in [1.807, 2.05) is 13.8 Å². The number of hydrogen-bond donors (Lipinski definition) is 5. The number of aromatic amines is 1. The molecule has 7 N–H and O–H groups in total. The first kappa shape index (κ1) is 13.5. The zero-order valence-electron chi connectivity index (χ0n) is 9.73. The summed E-state index contributed by atoms with van der Waals surface area (Å²) in [7, 11) is 0. The Labute approximate surface area is 104 Å². The molecule has 1 amide bonds. The van der Waals surface area contributed by atoms with Crippen LogP contribution < -0.4 is 22.4 Å². The molecule has 1 rings (SSSR count). The van der Waals surface area contributed by atoms with Crippen LogP contribution >= 0.6 is 12.2 Å². The molecule has 96 valence electrons.